The molecule has 0 spiro atoms. The van der Waals surface area contributed by atoms with Crippen LogP contribution in [0.25, 0.3) is 0 Å². The lowest BCUT2D eigenvalue weighted by Crippen LogP contribution is -2.30. The molecule has 1 fully saturated rings. The van der Waals surface area contributed by atoms with E-state index in [9.17, 15) is 9.59 Å². The molecule has 0 saturated carbocycles. The van der Waals surface area contributed by atoms with Gasteiger partial charge < -0.3 is 19.9 Å². The van der Waals surface area contributed by atoms with Crippen molar-refractivity contribution >= 4 is 52.1 Å². The summed E-state index contributed by atoms with van der Waals surface area (Å²) in [6.45, 7) is 4.01. The van der Waals surface area contributed by atoms with E-state index in [2.05, 4.69) is 25.3 Å². The Kier molecular flexibility index (Phi) is 8.27. The van der Waals surface area contributed by atoms with E-state index in [0.29, 0.717) is 33.8 Å². The van der Waals surface area contributed by atoms with Gasteiger partial charge in [0.15, 0.2) is 0 Å². The van der Waals surface area contributed by atoms with Gasteiger partial charge in [0.2, 0.25) is 11.8 Å². The van der Waals surface area contributed by atoms with Crippen LogP contribution in [0.5, 0.6) is 5.88 Å². The first kappa shape index (κ1) is 28.1. The molecule has 3 heterocycles. The Hall–Kier alpha value is -3.89. The third kappa shape index (κ3) is 5.48. The Morgan fingerprint density at radius 3 is 2.46 bits per heavy atom. The van der Waals surface area contributed by atoms with Gasteiger partial charge in [-0.15, -0.1) is 0 Å². The van der Waals surface area contributed by atoms with Crippen molar-refractivity contribution < 1.29 is 9.53 Å². The number of aliphatic imine (C=N–C) groups is 1. The molecule has 1 aliphatic heterocycles. The number of hydrogen-bond acceptors (Lipinski definition) is 8. The highest BCUT2D eigenvalue weighted by molar-refractivity contribution is 6.53. The van der Waals surface area contributed by atoms with E-state index < -0.39 is 11.6 Å². The number of hydrogen-bond donors (Lipinski definition) is 2. The minimum Gasteiger partial charge on any atom is -0.479 e. The highest BCUT2D eigenvalue weighted by Gasteiger charge is 2.45. The number of amides is 1. The summed E-state index contributed by atoms with van der Waals surface area (Å²) < 4.78 is 5.56. The zero-order valence-electron chi connectivity index (χ0n) is 22.4. The molecule has 12 heteroatoms. The molecule has 1 atom stereocenters. The summed E-state index contributed by atoms with van der Waals surface area (Å²) in [6, 6.07) is 8.08. The smallest absolute Gasteiger partial charge is 0.277 e. The monoisotopic (exact) mass is 569 g/mol. The fraction of sp³-hybridized carbons (Fsp3) is 0.296. The number of nitrogens with one attached hydrogen (secondary N) is 2. The minimum atomic E-state index is -0.617. The van der Waals surface area contributed by atoms with Gasteiger partial charge in [0.1, 0.15) is 16.4 Å². The van der Waals surface area contributed by atoms with E-state index >= 15 is 0 Å². The fourth-order valence-corrected chi connectivity index (χ4v) is 4.68. The number of benzene rings is 1. The van der Waals surface area contributed by atoms with E-state index in [1.807, 2.05) is 40.1 Å². The van der Waals surface area contributed by atoms with Gasteiger partial charge in [-0.1, -0.05) is 49.2 Å². The van der Waals surface area contributed by atoms with E-state index in [-0.39, 0.29) is 22.6 Å². The highest BCUT2D eigenvalue weighted by atomic mass is 35.5. The third-order valence-electron chi connectivity index (χ3n) is 6.21. The van der Waals surface area contributed by atoms with Crippen LogP contribution < -0.4 is 25.4 Å². The van der Waals surface area contributed by atoms with Gasteiger partial charge in [0.25, 0.3) is 11.5 Å². The number of methoxy groups -OCH3 is 1. The Morgan fingerprint density at radius 2 is 1.90 bits per heavy atom. The van der Waals surface area contributed by atoms with E-state index in [4.69, 9.17) is 27.9 Å². The number of carbonyl (C=O) groups is 1. The Bertz CT molecular complexity index is 1510. The van der Waals surface area contributed by atoms with Gasteiger partial charge >= 0.3 is 0 Å². The van der Waals surface area contributed by atoms with Crippen LogP contribution in [0.4, 0.5) is 17.3 Å². The number of rotatable bonds is 7. The first-order chi connectivity index (χ1) is 18.6. The summed E-state index contributed by atoms with van der Waals surface area (Å²) >= 11 is 12.4. The number of halogens is 2. The third-order valence-corrected chi connectivity index (χ3v) is 6.74. The second-order valence-corrected chi connectivity index (χ2v) is 10.2. The second kappa shape index (κ2) is 11.5. The van der Waals surface area contributed by atoms with E-state index in [1.54, 1.807) is 35.2 Å². The molecule has 0 aliphatic carbocycles. The van der Waals surface area contributed by atoms with Crippen LogP contribution in [-0.2, 0) is 4.79 Å². The predicted molar refractivity (Wildman–Crippen MR) is 156 cm³/mol. The van der Waals surface area contributed by atoms with Gasteiger partial charge in [-0.25, -0.2) is 4.98 Å². The average molecular weight is 570 g/mol. The Labute approximate surface area is 236 Å². The van der Waals surface area contributed by atoms with Gasteiger partial charge in [0.05, 0.1) is 25.0 Å². The number of aromatic amines is 1. The minimum absolute atomic E-state index is 0.0346. The van der Waals surface area contributed by atoms with Gasteiger partial charge in [0, 0.05) is 43.6 Å². The van der Waals surface area contributed by atoms with Crippen LogP contribution in [0, 0.1) is 5.92 Å². The lowest BCUT2D eigenvalue weighted by atomic mass is 9.92. The van der Waals surface area contributed by atoms with Crippen molar-refractivity contribution in [3.8, 4) is 5.88 Å². The summed E-state index contributed by atoms with van der Waals surface area (Å²) in [5, 5.41) is 3.96. The first-order valence-corrected chi connectivity index (χ1v) is 12.9. The number of nitrogens with zero attached hydrogens (tertiary/aromatic N) is 5. The maximum Gasteiger partial charge on any atom is 0.277 e. The maximum atomic E-state index is 13.9. The summed E-state index contributed by atoms with van der Waals surface area (Å²) in [7, 11) is 6.78. The summed E-state index contributed by atoms with van der Waals surface area (Å²) in [4.78, 5) is 45.2. The van der Waals surface area contributed by atoms with Crippen molar-refractivity contribution in [2.75, 3.05) is 43.4 Å². The molecule has 0 radical (unpaired) electrons. The lowest BCUT2D eigenvalue weighted by molar-refractivity contribution is -0.112. The number of allylic oxidation sites excluding steroid dienone is 1. The largest absolute Gasteiger partial charge is 0.479 e. The summed E-state index contributed by atoms with van der Waals surface area (Å²) in [5.74, 6) is 0.403. The van der Waals surface area contributed by atoms with Crippen molar-refractivity contribution in [3.05, 3.63) is 80.0 Å². The standard InChI is InChI=1S/C27H29Cl2N7O3/c1-14(2)21(33-19-13-32-27(35(4)5)34-25(19)39-6)20-22(30-3)26(38)36(17-11-18(29)24(37)31-12-17)23(20)15-7-9-16(28)10-8-15/h7-14,23,33H,1-6H3,(H,31,37)/b21-20+,30-22?. The topological polar surface area (TPSA) is 116 Å². The molecule has 10 nitrogen and oxygen atoms in total. The molecule has 2 N–H and O–H groups in total. The van der Waals surface area contributed by atoms with E-state index in [1.165, 1.54) is 19.4 Å². The molecule has 1 aromatic carbocycles. The van der Waals surface area contributed by atoms with Gasteiger partial charge in [-0.05, 0) is 29.7 Å². The van der Waals surface area contributed by atoms with Crippen molar-refractivity contribution in [2.45, 2.75) is 19.9 Å². The first-order valence-electron chi connectivity index (χ1n) is 12.1. The molecule has 1 unspecified atom stereocenters. The second-order valence-electron chi connectivity index (χ2n) is 9.33. The molecule has 3 aromatic rings. The number of anilines is 3. The van der Waals surface area contributed by atoms with Gasteiger partial charge in [-0.3, -0.25) is 19.5 Å². The van der Waals surface area contributed by atoms with Crippen molar-refractivity contribution in [1.82, 2.24) is 15.0 Å². The molecule has 204 valence electrons. The quantitative estimate of drug-likeness (QED) is 0.422. The number of carbonyl (C=O) groups excluding carboxylic acids is 1. The van der Waals surface area contributed by atoms with Crippen LogP contribution in [0.2, 0.25) is 10.0 Å². The van der Waals surface area contributed by atoms with Crippen molar-refractivity contribution in [3.63, 3.8) is 0 Å². The Balaban J connectivity index is 1.98. The number of aromatic nitrogens is 3. The molecule has 39 heavy (non-hydrogen) atoms. The van der Waals surface area contributed by atoms with Crippen LogP contribution in [-0.4, -0.2) is 54.8 Å². The molecule has 2 aromatic heterocycles. The SMILES string of the molecule is CN=C1C(=O)N(c2c[nH]c(=O)c(Cl)c2)C(c2ccc(Cl)cc2)/C1=C(/Nc1cnc(N(C)C)nc1OC)C(C)C. The zero-order chi connectivity index (χ0) is 28.4. The molecule has 1 saturated heterocycles. The van der Waals surface area contributed by atoms with Crippen LogP contribution >= 0.6 is 23.2 Å². The number of H-pyrrole nitrogens is 1. The van der Waals surface area contributed by atoms with Gasteiger partial charge in [-0.2, -0.15) is 4.98 Å². The number of pyridine rings is 1. The van der Waals surface area contributed by atoms with Crippen LogP contribution in [0.15, 0.2) is 63.8 Å². The van der Waals surface area contributed by atoms with Crippen LogP contribution in [0.3, 0.4) is 0 Å². The molecular formula is C27H29Cl2N7O3. The van der Waals surface area contributed by atoms with Crippen molar-refractivity contribution in [2.24, 2.45) is 10.9 Å². The summed E-state index contributed by atoms with van der Waals surface area (Å²) in [5.41, 5.74) is 2.92. The maximum absolute atomic E-state index is 13.9. The fourth-order valence-electron chi connectivity index (χ4n) is 4.39. The van der Waals surface area contributed by atoms with Crippen LogP contribution in [0.1, 0.15) is 25.5 Å². The average Bonchev–Trinajstić information content (AvgIpc) is 3.20. The highest BCUT2D eigenvalue weighted by Crippen LogP contribution is 2.43. The number of ether oxygens (including phenoxy) is 1. The molecule has 0 bridgehead atoms. The summed E-state index contributed by atoms with van der Waals surface area (Å²) in [6.07, 6.45) is 3.10. The van der Waals surface area contributed by atoms with Crippen molar-refractivity contribution in [1.29, 1.82) is 0 Å². The predicted octanol–water partition coefficient (Wildman–Crippen LogP) is 4.73. The molecule has 1 amide bonds. The zero-order valence-corrected chi connectivity index (χ0v) is 23.9. The molecular weight excluding hydrogens is 541 g/mol. The molecule has 4 rings (SSSR count). The normalized spacial score (nSPS) is 17.7. The van der Waals surface area contributed by atoms with E-state index in [0.717, 1.165) is 11.3 Å². The molecule has 1 aliphatic rings. The lowest BCUT2D eigenvalue weighted by Gasteiger charge is -2.28. The Morgan fingerprint density at radius 1 is 1.21 bits per heavy atom.